The molecule has 1 aliphatic rings. The zero-order valence-electron chi connectivity index (χ0n) is 14.6. The molecule has 0 saturated heterocycles. The van der Waals surface area contributed by atoms with Crippen molar-refractivity contribution in [3.63, 3.8) is 0 Å². The molecule has 0 saturated carbocycles. The van der Waals surface area contributed by atoms with Gasteiger partial charge >= 0.3 is 0 Å². The molecule has 2 aromatic carbocycles. The summed E-state index contributed by atoms with van der Waals surface area (Å²) < 4.78 is 14.2. The normalized spacial score (nSPS) is 16.7. The van der Waals surface area contributed by atoms with Gasteiger partial charge in [0, 0.05) is 27.6 Å². The number of nitrogens with zero attached hydrogens (tertiary/aromatic N) is 1. The highest BCUT2D eigenvalue weighted by Gasteiger charge is 2.32. The Morgan fingerprint density at radius 2 is 2.04 bits per heavy atom. The molecule has 0 aliphatic carbocycles. The van der Waals surface area contributed by atoms with Gasteiger partial charge in [-0.05, 0) is 54.3 Å². The Bertz CT molecular complexity index is 964. The van der Waals surface area contributed by atoms with Crippen molar-refractivity contribution in [1.82, 2.24) is 9.88 Å². The van der Waals surface area contributed by atoms with Crippen molar-refractivity contribution in [2.75, 3.05) is 6.54 Å². The van der Waals surface area contributed by atoms with Crippen LogP contribution in [0.3, 0.4) is 0 Å². The maximum absolute atomic E-state index is 13.1. The van der Waals surface area contributed by atoms with Crippen molar-refractivity contribution >= 4 is 32.7 Å². The van der Waals surface area contributed by atoms with Crippen molar-refractivity contribution in [3.8, 4) is 0 Å². The fraction of sp³-hybridized carbons (Fsp3) is 0.286. The van der Waals surface area contributed by atoms with Crippen LogP contribution in [0.4, 0.5) is 4.39 Å². The van der Waals surface area contributed by atoms with E-state index in [0.29, 0.717) is 13.0 Å². The van der Waals surface area contributed by atoms with Gasteiger partial charge in [-0.15, -0.1) is 0 Å². The number of nitrogens with one attached hydrogen (secondary N) is 1. The number of H-pyrrole nitrogens is 1. The summed E-state index contributed by atoms with van der Waals surface area (Å²) >= 11 is 3.55. The van der Waals surface area contributed by atoms with E-state index in [2.05, 4.69) is 40.0 Å². The summed E-state index contributed by atoms with van der Waals surface area (Å²) in [5, 5.41) is 1.23. The minimum atomic E-state index is -0.278. The number of hydrogen-bond donors (Lipinski definition) is 1. The first-order chi connectivity index (χ1) is 12.6. The molecule has 0 bridgehead atoms. The summed E-state index contributed by atoms with van der Waals surface area (Å²) in [4.78, 5) is 18.4. The zero-order valence-corrected chi connectivity index (χ0v) is 16.1. The van der Waals surface area contributed by atoms with Crippen LogP contribution < -0.4 is 0 Å². The van der Waals surface area contributed by atoms with E-state index in [-0.39, 0.29) is 17.8 Å². The van der Waals surface area contributed by atoms with E-state index < -0.39 is 0 Å². The number of rotatable bonds is 3. The SMILES string of the molecule is CCC1c2[nH]c3ccc(Br)cc3c2CCN1C(=O)Cc1ccc(F)cc1. The second kappa shape index (κ2) is 6.88. The lowest BCUT2D eigenvalue weighted by Crippen LogP contribution is -2.40. The molecule has 134 valence electrons. The third kappa shape index (κ3) is 3.05. The third-order valence-electron chi connectivity index (χ3n) is 5.19. The Labute approximate surface area is 160 Å². The van der Waals surface area contributed by atoms with Gasteiger partial charge in [-0.1, -0.05) is 35.0 Å². The molecule has 1 amide bonds. The van der Waals surface area contributed by atoms with Crippen LogP contribution in [0.5, 0.6) is 0 Å². The topological polar surface area (TPSA) is 36.1 Å². The van der Waals surface area contributed by atoms with Crippen LogP contribution in [0.1, 0.15) is 36.2 Å². The third-order valence-corrected chi connectivity index (χ3v) is 5.68. The second-order valence-electron chi connectivity index (χ2n) is 6.77. The Kier molecular flexibility index (Phi) is 4.57. The Balaban J connectivity index is 1.64. The molecular weight excluding hydrogens is 395 g/mol. The molecule has 0 radical (unpaired) electrons. The largest absolute Gasteiger partial charge is 0.356 e. The van der Waals surface area contributed by atoms with Gasteiger partial charge in [0.25, 0.3) is 0 Å². The lowest BCUT2D eigenvalue weighted by molar-refractivity contribution is -0.133. The molecule has 0 fully saturated rings. The summed E-state index contributed by atoms with van der Waals surface area (Å²) in [6.07, 6.45) is 2.01. The van der Waals surface area contributed by atoms with Crippen molar-refractivity contribution in [1.29, 1.82) is 0 Å². The van der Waals surface area contributed by atoms with Gasteiger partial charge in [0.1, 0.15) is 5.82 Å². The van der Waals surface area contributed by atoms with E-state index in [1.807, 2.05) is 11.0 Å². The van der Waals surface area contributed by atoms with Crippen LogP contribution in [-0.2, 0) is 17.6 Å². The number of carbonyl (C=O) groups excluding carboxylic acids is 1. The summed E-state index contributed by atoms with van der Waals surface area (Å²) in [5.74, 6) is -0.187. The second-order valence-corrected chi connectivity index (χ2v) is 7.69. The van der Waals surface area contributed by atoms with Crippen LogP contribution in [0, 0.1) is 5.82 Å². The molecule has 1 aliphatic heterocycles. The fourth-order valence-electron chi connectivity index (χ4n) is 3.94. The van der Waals surface area contributed by atoms with Gasteiger partial charge in [0.05, 0.1) is 12.5 Å². The number of aromatic nitrogens is 1. The summed E-state index contributed by atoms with van der Waals surface area (Å²) in [6, 6.07) is 12.5. The van der Waals surface area contributed by atoms with Gasteiger partial charge in [0.15, 0.2) is 0 Å². The van der Waals surface area contributed by atoms with E-state index in [9.17, 15) is 9.18 Å². The maximum Gasteiger partial charge on any atom is 0.227 e. The van der Waals surface area contributed by atoms with Crippen molar-refractivity contribution in [2.45, 2.75) is 32.2 Å². The first-order valence-electron chi connectivity index (χ1n) is 8.90. The van der Waals surface area contributed by atoms with Crippen LogP contribution in [0.2, 0.25) is 0 Å². The molecule has 1 atom stereocenters. The van der Waals surface area contributed by atoms with E-state index in [1.54, 1.807) is 12.1 Å². The van der Waals surface area contributed by atoms with E-state index in [0.717, 1.165) is 34.1 Å². The molecule has 1 aromatic heterocycles. The minimum absolute atomic E-state index is 0.0536. The summed E-state index contributed by atoms with van der Waals surface area (Å²) in [6.45, 7) is 2.82. The van der Waals surface area contributed by atoms with Crippen molar-refractivity contribution in [2.24, 2.45) is 0 Å². The quantitative estimate of drug-likeness (QED) is 0.631. The molecule has 26 heavy (non-hydrogen) atoms. The maximum atomic E-state index is 13.1. The first kappa shape index (κ1) is 17.3. The molecule has 3 nitrogen and oxygen atoms in total. The van der Waals surface area contributed by atoms with Gasteiger partial charge in [-0.25, -0.2) is 4.39 Å². The standard InChI is InChI=1S/C21H20BrFN2O/c1-2-19-21-16(17-12-14(22)5-8-18(17)24-21)9-10-25(19)20(26)11-13-3-6-15(23)7-4-13/h3-8,12,19,24H,2,9-11H2,1H3. The minimum Gasteiger partial charge on any atom is -0.356 e. The molecule has 1 unspecified atom stereocenters. The highest BCUT2D eigenvalue weighted by molar-refractivity contribution is 9.10. The molecule has 3 aromatic rings. The number of carbonyl (C=O) groups is 1. The van der Waals surface area contributed by atoms with Crippen LogP contribution in [0.15, 0.2) is 46.9 Å². The Morgan fingerprint density at radius 3 is 2.77 bits per heavy atom. The Morgan fingerprint density at radius 1 is 1.27 bits per heavy atom. The number of amides is 1. The monoisotopic (exact) mass is 414 g/mol. The average molecular weight is 415 g/mol. The number of benzene rings is 2. The van der Waals surface area contributed by atoms with Gasteiger partial charge < -0.3 is 9.88 Å². The highest BCUT2D eigenvalue weighted by atomic mass is 79.9. The molecule has 2 heterocycles. The first-order valence-corrected chi connectivity index (χ1v) is 9.70. The molecule has 0 spiro atoms. The number of aromatic amines is 1. The molecule has 5 heteroatoms. The number of halogens is 2. The molecule has 1 N–H and O–H groups in total. The van der Waals surface area contributed by atoms with E-state index >= 15 is 0 Å². The van der Waals surface area contributed by atoms with E-state index in [4.69, 9.17) is 0 Å². The Hall–Kier alpha value is -2.14. The summed E-state index contributed by atoms with van der Waals surface area (Å²) in [5.41, 5.74) is 4.43. The average Bonchev–Trinajstić information content (AvgIpc) is 3.00. The predicted molar refractivity (Wildman–Crippen MR) is 105 cm³/mol. The summed E-state index contributed by atoms with van der Waals surface area (Å²) in [7, 11) is 0. The van der Waals surface area contributed by atoms with Gasteiger partial charge in [-0.3, -0.25) is 4.79 Å². The smallest absolute Gasteiger partial charge is 0.227 e. The highest BCUT2D eigenvalue weighted by Crippen LogP contribution is 2.37. The van der Waals surface area contributed by atoms with Gasteiger partial charge in [-0.2, -0.15) is 0 Å². The number of fused-ring (bicyclic) bond motifs is 3. The van der Waals surface area contributed by atoms with Gasteiger partial charge in [0.2, 0.25) is 5.91 Å². The predicted octanol–water partition coefficient (Wildman–Crippen LogP) is 5.15. The fourth-order valence-corrected chi connectivity index (χ4v) is 4.30. The van der Waals surface area contributed by atoms with Crippen molar-refractivity contribution in [3.05, 3.63) is 69.6 Å². The van der Waals surface area contributed by atoms with Crippen molar-refractivity contribution < 1.29 is 9.18 Å². The van der Waals surface area contributed by atoms with E-state index in [1.165, 1.54) is 23.1 Å². The number of hydrogen-bond acceptors (Lipinski definition) is 1. The van der Waals surface area contributed by atoms with Crippen LogP contribution >= 0.6 is 15.9 Å². The molecular formula is C21H20BrFN2O. The van der Waals surface area contributed by atoms with Crippen LogP contribution in [-0.4, -0.2) is 22.3 Å². The lowest BCUT2D eigenvalue weighted by atomic mass is 9.95. The molecule has 4 rings (SSSR count). The van der Waals surface area contributed by atoms with Crippen LogP contribution in [0.25, 0.3) is 10.9 Å². The lowest BCUT2D eigenvalue weighted by Gasteiger charge is -2.35. The zero-order chi connectivity index (χ0) is 18.3.